The third-order valence-electron chi connectivity index (χ3n) is 4.10. The Morgan fingerprint density at radius 3 is 2.28 bits per heavy atom. The average Bonchev–Trinajstić information content (AvgIpc) is 2.97. The van der Waals surface area contributed by atoms with Gasteiger partial charge in [-0.1, -0.05) is 48.0 Å². The second-order valence-electron chi connectivity index (χ2n) is 6.02. The number of aromatic nitrogens is 1. The SMILES string of the molecule is Cc1ccc(S(=O)(=O)OCCn2cc(-c3ccccc3)cc2C)cc1. The molecule has 3 aromatic rings. The van der Waals surface area contributed by atoms with Crippen molar-refractivity contribution in [2.24, 2.45) is 0 Å². The van der Waals surface area contributed by atoms with Crippen molar-refractivity contribution in [3.05, 3.63) is 78.1 Å². The number of hydrogen-bond acceptors (Lipinski definition) is 3. The van der Waals surface area contributed by atoms with Gasteiger partial charge in [0.05, 0.1) is 11.5 Å². The highest BCUT2D eigenvalue weighted by Crippen LogP contribution is 2.22. The molecule has 0 saturated heterocycles. The largest absolute Gasteiger partial charge is 0.349 e. The minimum atomic E-state index is -3.72. The van der Waals surface area contributed by atoms with Crippen LogP contribution in [0, 0.1) is 13.8 Å². The minimum Gasteiger partial charge on any atom is -0.349 e. The Morgan fingerprint density at radius 2 is 1.60 bits per heavy atom. The molecule has 0 aliphatic rings. The number of rotatable bonds is 6. The van der Waals surface area contributed by atoms with E-state index in [1.165, 1.54) is 0 Å². The number of benzene rings is 2. The first-order chi connectivity index (χ1) is 12.0. The molecular weight excluding hydrogens is 334 g/mol. The maximum Gasteiger partial charge on any atom is 0.297 e. The fourth-order valence-corrected chi connectivity index (χ4v) is 3.56. The van der Waals surface area contributed by atoms with E-state index in [1.807, 2.05) is 42.8 Å². The first-order valence-corrected chi connectivity index (χ1v) is 9.55. The van der Waals surface area contributed by atoms with Crippen LogP contribution in [0.25, 0.3) is 11.1 Å². The zero-order chi connectivity index (χ0) is 17.9. The predicted molar refractivity (Wildman–Crippen MR) is 98.9 cm³/mol. The van der Waals surface area contributed by atoms with Crippen LogP contribution >= 0.6 is 0 Å². The van der Waals surface area contributed by atoms with E-state index >= 15 is 0 Å². The molecule has 5 heteroatoms. The van der Waals surface area contributed by atoms with Crippen LogP contribution in [-0.4, -0.2) is 19.6 Å². The molecule has 0 spiro atoms. The lowest BCUT2D eigenvalue weighted by molar-refractivity contribution is 0.300. The summed E-state index contributed by atoms with van der Waals surface area (Å²) in [5, 5.41) is 0. The van der Waals surface area contributed by atoms with Crippen LogP contribution in [0.4, 0.5) is 0 Å². The summed E-state index contributed by atoms with van der Waals surface area (Å²) < 4.78 is 31.6. The quantitative estimate of drug-likeness (QED) is 0.623. The Kier molecular flexibility index (Phi) is 5.06. The van der Waals surface area contributed by atoms with Crippen LogP contribution in [0.15, 0.2) is 71.8 Å². The summed E-state index contributed by atoms with van der Waals surface area (Å²) in [4.78, 5) is 0.187. The standard InChI is InChI=1S/C20H21NO3S/c1-16-8-10-20(11-9-16)25(22,23)24-13-12-21-15-19(14-17(21)2)18-6-4-3-5-7-18/h3-11,14-15H,12-13H2,1-2H3. The van der Waals surface area contributed by atoms with Crippen LogP contribution < -0.4 is 0 Å². The highest BCUT2D eigenvalue weighted by molar-refractivity contribution is 7.86. The summed E-state index contributed by atoms with van der Waals surface area (Å²) in [5.74, 6) is 0. The normalized spacial score (nSPS) is 11.6. The third kappa shape index (κ3) is 4.18. The zero-order valence-corrected chi connectivity index (χ0v) is 15.2. The van der Waals surface area contributed by atoms with Gasteiger partial charge in [-0.25, -0.2) is 0 Å². The Balaban J connectivity index is 1.66. The smallest absolute Gasteiger partial charge is 0.297 e. The highest BCUT2D eigenvalue weighted by atomic mass is 32.2. The average molecular weight is 355 g/mol. The van der Waals surface area contributed by atoms with Gasteiger partial charge in [-0.15, -0.1) is 0 Å². The molecular formula is C20H21NO3S. The maximum absolute atomic E-state index is 12.2. The van der Waals surface area contributed by atoms with Crippen molar-refractivity contribution in [1.82, 2.24) is 4.57 Å². The minimum absolute atomic E-state index is 0.0972. The number of aryl methyl sites for hydroxylation is 2. The van der Waals surface area contributed by atoms with E-state index in [0.717, 1.165) is 22.4 Å². The van der Waals surface area contributed by atoms with Crippen LogP contribution in [0.1, 0.15) is 11.3 Å². The molecule has 0 saturated carbocycles. The number of nitrogens with zero attached hydrogens (tertiary/aromatic N) is 1. The second-order valence-corrected chi connectivity index (χ2v) is 7.63. The lowest BCUT2D eigenvalue weighted by Gasteiger charge is -2.08. The Morgan fingerprint density at radius 1 is 0.920 bits per heavy atom. The van der Waals surface area contributed by atoms with E-state index < -0.39 is 10.1 Å². The summed E-state index contributed by atoms with van der Waals surface area (Å²) in [6.07, 6.45) is 2.02. The summed E-state index contributed by atoms with van der Waals surface area (Å²) in [7, 11) is -3.72. The first-order valence-electron chi connectivity index (χ1n) is 8.14. The molecule has 130 valence electrons. The molecule has 25 heavy (non-hydrogen) atoms. The lowest BCUT2D eigenvalue weighted by atomic mass is 10.1. The van der Waals surface area contributed by atoms with Crippen molar-refractivity contribution in [3.63, 3.8) is 0 Å². The van der Waals surface area contributed by atoms with Gasteiger partial charge in [-0.3, -0.25) is 4.18 Å². The molecule has 1 heterocycles. The Bertz CT molecular complexity index is 942. The molecule has 0 aliphatic carbocycles. The van der Waals surface area contributed by atoms with Gasteiger partial charge in [0.2, 0.25) is 0 Å². The fourth-order valence-electron chi connectivity index (χ4n) is 2.66. The number of hydrogen-bond donors (Lipinski definition) is 0. The molecule has 0 bridgehead atoms. The van der Waals surface area contributed by atoms with Gasteiger partial charge in [0.1, 0.15) is 0 Å². The summed E-state index contributed by atoms with van der Waals surface area (Å²) >= 11 is 0. The zero-order valence-electron chi connectivity index (χ0n) is 14.3. The molecule has 0 amide bonds. The van der Waals surface area contributed by atoms with Gasteiger partial charge < -0.3 is 4.57 Å². The lowest BCUT2D eigenvalue weighted by Crippen LogP contribution is -2.12. The van der Waals surface area contributed by atoms with Gasteiger partial charge in [0.25, 0.3) is 10.1 Å². The summed E-state index contributed by atoms with van der Waals surface area (Å²) in [6.45, 7) is 4.49. The topological polar surface area (TPSA) is 48.3 Å². The van der Waals surface area contributed by atoms with Crippen molar-refractivity contribution in [3.8, 4) is 11.1 Å². The summed E-state index contributed by atoms with van der Waals surface area (Å²) in [6, 6.07) is 18.8. The van der Waals surface area contributed by atoms with Gasteiger partial charge in [0, 0.05) is 18.4 Å². The van der Waals surface area contributed by atoms with Gasteiger partial charge in [-0.05, 0) is 43.2 Å². The van der Waals surface area contributed by atoms with Crippen LogP contribution in [0.3, 0.4) is 0 Å². The highest BCUT2D eigenvalue weighted by Gasteiger charge is 2.15. The van der Waals surface area contributed by atoms with E-state index in [-0.39, 0.29) is 11.5 Å². The van der Waals surface area contributed by atoms with Gasteiger partial charge in [0.15, 0.2) is 0 Å². The van der Waals surface area contributed by atoms with Crippen molar-refractivity contribution >= 4 is 10.1 Å². The molecule has 4 nitrogen and oxygen atoms in total. The molecule has 2 aromatic carbocycles. The molecule has 0 fully saturated rings. The van der Waals surface area contributed by atoms with E-state index in [2.05, 4.69) is 18.2 Å². The van der Waals surface area contributed by atoms with E-state index in [9.17, 15) is 8.42 Å². The predicted octanol–water partition coefficient (Wildman–Crippen LogP) is 4.18. The Hall–Kier alpha value is -2.37. The fraction of sp³-hybridized carbons (Fsp3) is 0.200. The van der Waals surface area contributed by atoms with E-state index in [1.54, 1.807) is 24.3 Å². The van der Waals surface area contributed by atoms with E-state index in [0.29, 0.717) is 6.54 Å². The van der Waals surface area contributed by atoms with Gasteiger partial charge in [-0.2, -0.15) is 8.42 Å². The first kappa shape index (κ1) is 17.5. The molecule has 0 N–H and O–H groups in total. The Labute approximate surface area is 148 Å². The third-order valence-corrected chi connectivity index (χ3v) is 5.43. The molecule has 0 atom stereocenters. The second kappa shape index (κ2) is 7.25. The van der Waals surface area contributed by atoms with Crippen LogP contribution in [0.5, 0.6) is 0 Å². The van der Waals surface area contributed by atoms with Crippen molar-refractivity contribution in [2.75, 3.05) is 6.61 Å². The van der Waals surface area contributed by atoms with Gasteiger partial charge >= 0.3 is 0 Å². The van der Waals surface area contributed by atoms with Crippen molar-refractivity contribution in [1.29, 1.82) is 0 Å². The molecule has 0 unspecified atom stereocenters. The molecule has 0 radical (unpaired) electrons. The maximum atomic E-state index is 12.2. The van der Waals surface area contributed by atoms with Crippen LogP contribution in [-0.2, 0) is 20.8 Å². The summed E-state index contributed by atoms with van der Waals surface area (Å²) in [5.41, 5.74) is 4.32. The van der Waals surface area contributed by atoms with Crippen molar-refractivity contribution in [2.45, 2.75) is 25.3 Å². The monoisotopic (exact) mass is 355 g/mol. The van der Waals surface area contributed by atoms with E-state index in [4.69, 9.17) is 4.18 Å². The molecule has 3 rings (SSSR count). The molecule has 1 aromatic heterocycles. The van der Waals surface area contributed by atoms with Crippen LogP contribution in [0.2, 0.25) is 0 Å². The molecule has 0 aliphatic heterocycles. The van der Waals surface area contributed by atoms with Crippen molar-refractivity contribution < 1.29 is 12.6 Å².